The minimum atomic E-state index is -3.15. The summed E-state index contributed by atoms with van der Waals surface area (Å²) in [6.07, 6.45) is 1.91. The van der Waals surface area contributed by atoms with Crippen LogP contribution in [0.5, 0.6) is 5.75 Å². The molecule has 2 aromatic carbocycles. The first-order chi connectivity index (χ1) is 14.8. The van der Waals surface area contributed by atoms with Crippen LogP contribution in [-0.4, -0.2) is 44.0 Å². The molecule has 1 fully saturated rings. The number of hydrogen-bond donors (Lipinski definition) is 2. The van der Waals surface area contributed by atoms with Gasteiger partial charge in [0.15, 0.2) is 9.84 Å². The highest BCUT2D eigenvalue weighted by atomic mass is 32.2. The van der Waals surface area contributed by atoms with E-state index in [9.17, 15) is 22.0 Å². The van der Waals surface area contributed by atoms with Crippen molar-refractivity contribution in [3.8, 4) is 5.75 Å². The number of H-pyrrole nitrogens is 1. The summed E-state index contributed by atoms with van der Waals surface area (Å²) in [6, 6.07) is 8.21. The summed E-state index contributed by atoms with van der Waals surface area (Å²) in [4.78, 5) is 15.9. The number of carbonyl (C=O) groups is 1. The van der Waals surface area contributed by atoms with E-state index in [1.54, 1.807) is 12.3 Å². The van der Waals surface area contributed by atoms with Crippen molar-refractivity contribution in [2.24, 2.45) is 0 Å². The number of halogens is 2. The number of rotatable bonds is 6. The summed E-state index contributed by atoms with van der Waals surface area (Å²) in [7, 11) is -1.63. The van der Waals surface area contributed by atoms with Crippen molar-refractivity contribution < 1.29 is 26.7 Å². The number of nitrogens with one attached hydrogen (secondary N) is 2. The zero-order valence-electron chi connectivity index (χ0n) is 16.8. The molecule has 3 aromatic rings. The predicted octanol–water partition coefficient (Wildman–Crippen LogP) is 3.28. The molecule has 0 aliphatic carbocycles. The van der Waals surface area contributed by atoms with E-state index in [1.165, 1.54) is 13.2 Å². The van der Waals surface area contributed by atoms with Crippen LogP contribution in [0.25, 0.3) is 10.9 Å². The van der Waals surface area contributed by atoms with Gasteiger partial charge < -0.3 is 15.0 Å². The van der Waals surface area contributed by atoms with Gasteiger partial charge >= 0.3 is 0 Å². The summed E-state index contributed by atoms with van der Waals surface area (Å²) >= 11 is 0. The first kappa shape index (κ1) is 21.3. The van der Waals surface area contributed by atoms with E-state index in [4.69, 9.17) is 4.74 Å². The monoisotopic (exact) mass is 448 g/mol. The Hall–Kier alpha value is -2.94. The number of benzene rings is 2. The normalized spacial score (nSPS) is 18.7. The van der Waals surface area contributed by atoms with E-state index in [1.807, 2.05) is 12.1 Å². The lowest BCUT2D eigenvalue weighted by molar-refractivity contribution is -0.121. The van der Waals surface area contributed by atoms with Crippen molar-refractivity contribution in [2.45, 2.75) is 24.8 Å². The SMILES string of the molecule is COc1cccc2[nH]cc(C(CC(=O)NC3CCS(=O)(=O)C3)c3ccc(F)cc3F)c12. The number of methoxy groups -OCH3 is 1. The highest BCUT2D eigenvalue weighted by molar-refractivity contribution is 7.91. The molecule has 9 heteroatoms. The Morgan fingerprint density at radius 3 is 2.74 bits per heavy atom. The van der Waals surface area contributed by atoms with Gasteiger partial charge in [-0.3, -0.25) is 4.79 Å². The number of hydrogen-bond acceptors (Lipinski definition) is 4. The van der Waals surface area contributed by atoms with Crippen molar-refractivity contribution in [2.75, 3.05) is 18.6 Å². The molecule has 2 heterocycles. The number of fused-ring (bicyclic) bond motifs is 1. The zero-order chi connectivity index (χ0) is 22.2. The quantitative estimate of drug-likeness (QED) is 0.606. The van der Waals surface area contributed by atoms with Crippen molar-refractivity contribution in [3.63, 3.8) is 0 Å². The number of carbonyl (C=O) groups excluding carboxylic acids is 1. The lowest BCUT2D eigenvalue weighted by Crippen LogP contribution is -2.36. The number of aromatic nitrogens is 1. The number of aromatic amines is 1. The molecule has 4 rings (SSSR count). The molecule has 0 bridgehead atoms. The predicted molar refractivity (Wildman–Crippen MR) is 113 cm³/mol. The molecule has 6 nitrogen and oxygen atoms in total. The van der Waals surface area contributed by atoms with Gasteiger partial charge in [0.2, 0.25) is 5.91 Å². The average Bonchev–Trinajstić information content (AvgIpc) is 3.29. The fourth-order valence-electron chi connectivity index (χ4n) is 4.17. The van der Waals surface area contributed by atoms with Gasteiger partial charge in [-0.15, -0.1) is 0 Å². The van der Waals surface area contributed by atoms with Gasteiger partial charge in [-0.2, -0.15) is 0 Å². The average molecular weight is 448 g/mol. The largest absolute Gasteiger partial charge is 0.496 e. The van der Waals surface area contributed by atoms with Gasteiger partial charge in [-0.1, -0.05) is 12.1 Å². The van der Waals surface area contributed by atoms with Crippen LogP contribution in [0, 0.1) is 11.6 Å². The van der Waals surface area contributed by atoms with Crippen LogP contribution in [0.4, 0.5) is 8.78 Å². The minimum Gasteiger partial charge on any atom is -0.496 e. The molecule has 0 spiro atoms. The third-order valence-electron chi connectivity index (χ3n) is 5.62. The van der Waals surface area contributed by atoms with Crippen LogP contribution in [0.2, 0.25) is 0 Å². The van der Waals surface area contributed by atoms with E-state index in [0.29, 0.717) is 23.1 Å². The smallest absolute Gasteiger partial charge is 0.221 e. The third kappa shape index (κ3) is 4.41. The molecule has 31 heavy (non-hydrogen) atoms. The maximum absolute atomic E-state index is 14.7. The topological polar surface area (TPSA) is 88.3 Å². The summed E-state index contributed by atoms with van der Waals surface area (Å²) in [6.45, 7) is 0. The number of ether oxygens (including phenoxy) is 1. The minimum absolute atomic E-state index is 0.0353. The molecule has 2 atom stereocenters. The summed E-state index contributed by atoms with van der Waals surface area (Å²) in [5.74, 6) is -2.11. The second kappa shape index (κ2) is 8.30. The van der Waals surface area contributed by atoms with Gasteiger partial charge in [0, 0.05) is 41.5 Å². The molecule has 1 saturated heterocycles. The van der Waals surface area contributed by atoms with Crippen LogP contribution >= 0.6 is 0 Å². The van der Waals surface area contributed by atoms with Crippen LogP contribution in [-0.2, 0) is 14.6 Å². The molecule has 1 aliphatic heterocycles. The Morgan fingerprint density at radius 2 is 2.06 bits per heavy atom. The van der Waals surface area contributed by atoms with Crippen LogP contribution in [0.1, 0.15) is 29.9 Å². The molecule has 0 saturated carbocycles. The molecule has 2 unspecified atom stereocenters. The summed E-state index contributed by atoms with van der Waals surface area (Å²) < 4.78 is 57.1. The van der Waals surface area contributed by atoms with Crippen molar-refractivity contribution in [1.29, 1.82) is 0 Å². The fourth-order valence-corrected chi connectivity index (χ4v) is 5.85. The summed E-state index contributed by atoms with van der Waals surface area (Å²) in [5.41, 5.74) is 1.55. The lowest BCUT2D eigenvalue weighted by Gasteiger charge is -2.20. The Kier molecular flexibility index (Phi) is 5.70. The van der Waals surface area contributed by atoms with Crippen molar-refractivity contribution >= 4 is 26.6 Å². The first-order valence-corrected chi connectivity index (χ1v) is 11.7. The maximum atomic E-state index is 14.7. The van der Waals surface area contributed by atoms with Gasteiger partial charge in [0.25, 0.3) is 0 Å². The van der Waals surface area contributed by atoms with Gasteiger partial charge in [0.1, 0.15) is 17.4 Å². The zero-order valence-corrected chi connectivity index (χ0v) is 17.6. The molecule has 1 aliphatic rings. The molecule has 0 radical (unpaired) electrons. The van der Waals surface area contributed by atoms with Crippen molar-refractivity contribution in [1.82, 2.24) is 10.3 Å². The van der Waals surface area contributed by atoms with E-state index < -0.39 is 39.3 Å². The van der Waals surface area contributed by atoms with Crippen LogP contribution < -0.4 is 10.1 Å². The lowest BCUT2D eigenvalue weighted by atomic mass is 9.87. The van der Waals surface area contributed by atoms with Crippen molar-refractivity contribution in [3.05, 3.63) is 65.4 Å². The summed E-state index contributed by atoms with van der Waals surface area (Å²) in [5, 5.41) is 3.45. The third-order valence-corrected chi connectivity index (χ3v) is 7.39. The van der Waals surface area contributed by atoms with Gasteiger partial charge in [0.05, 0.1) is 18.6 Å². The molecular weight excluding hydrogens is 426 g/mol. The Balaban J connectivity index is 1.72. The fraction of sp³-hybridized carbons (Fsp3) is 0.318. The molecule has 1 amide bonds. The van der Waals surface area contributed by atoms with E-state index in [0.717, 1.165) is 17.6 Å². The molecule has 164 valence electrons. The van der Waals surface area contributed by atoms with Gasteiger partial charge in [-0.25, -0.2) is 17.2 Å². The Morgan fingerprint density at radius 1 is 1.26 bits per heavy atom. The molecular formula is C22H22F2N2O4S. The highest BCUT2D eigenvalue weighted by Gasteiger charge is 2.31. The van der Waals surface area contributed by atoms with E-state index in [2.05, 4.69) is 10.3 Å². The molecule has 2 N–H and O–H groups in total. The number of sulfone groups is 1. The van der Waals surface area contributed by atoms with E-state index in [-0.39, 0.29) is 23.5 Å². The van der Waals surface area contributed by atoms with E-state index >= 15 is 0 Å². The second-order valence-corrected chi connectivity index (χ2v) is 9.95. The maximum Gasteiger partial charge on any atom is 0.221 e. The Bertz CT molecular complexity index is 1240. The number of amides is 1. The van der Waals surface area contributed by atoms with Crippen LogP contribution in [0.3, 0.4) is 0 Å². The standard InChI is InChI=1S/C22H22F2N2O4S/c1-30-20-4-2-3-19-22(20)17(11-25-19)16(15-6-5-13(23)9-18(15)24)10-21(27)26-14-7-8-31(28,29)12-14/h2-6,9,11,14,16,25H,7-8,10,12H2,1H3,(H,26,27). The first-order valence-electron chi connectivity index (χ1n) is 9.86. The van der Waals surface area contributed by atoms with Crippen LogP contribution in [0.15, 0.2) is 42.6 Å². The Labute approximate surface area is 178 Å². The molecule has 1 aromatic heterocycles. The van der Waals surface area contributed by atoms with Gasteiger partial charge in [-0.05, 0) is 35.7 Å². The highest BCUT2D eigenvalue weighted by Crippen LogP contribution is 2.38. The second-order valence-electron chi connectivity index (χ2n) is 7.72.